The van der Waals surface area contributed by atoms with Gasteiger partial charge in [0.15, 0.2) is 0 Å². The van der Waals surface area contributed by atoms with Gasteiger partial charge in [-0.2, -0.15) is 0 Å². The molecule has 5 amide bonds. The molecule has 0 unspecified atom stereocenters. The molecule has 3 aromatic rings. The van der Waals surface area contributed by atoms with E-state index in [9.17, 15) is 24.0 Å². The van der Waals surface area contributed by atoms with Gasteiger partial charge in [0.2, 0.25) is 11.8 Å². The number of carbonyl (C=O) groups excluding carboxylic acids is 5. The first-order valence-electron chi connectivity index (χ1n) is 16.5. The summed E-state index contributed by atoms with van der Waals surface area (Å²) in [4.78, 5) is 63.4. The third kappa shape index (κ3) is 16.0. The molecule has 0 heterocycles. The van der Waals surface area contributed by atoms with Crippen LogP contribution < -0.4 is 32.3 Å². The van der Waals surface area contributed by atoms with E-state index in [4.69, 9.17) is 19.9 Å². The number of nitrogens with one attached hydrogen (secondary N) is 5. The topological polar surface area (TPSA) is 199 Å². The Kier molecular flexibility index (Phi) is 17.7. The number of alkyl carbamates (subject to hydrolysis) is 3. The normalized spacial score (nSPS) is 11.6. The average Bonchev–Trinajstić information content (AvgIpc) is 3.14. The Morgan fingerprint density at radius 3 is 1.42 bits per heavy atom. The van der Waals surface area contributed by atoms with E-state index in [0.717, 1.165) is 16.7 Å². The molecule has 0 fully saturated rings. The monoisotopic (exact) mass is 690 g/mol. The maximum Gasteiger partial charge on any atom is 0.408 e. The molecule has 0 aliphatic carbocycles. The molecule has 50 heavy (non-hydrogen) atoms. The van der Waals surface area contributed by atoms with E-state index < -0.39 is 42.2 Å². The highest BCUT2D eigenvalue weighted by molar-refractivity contribution is 5.91. The van der Waals surface area contributed by atoms with Gasteiger partial charge in [0.25, 0.3) is 0 Å². The number of rotatable bonds is 20. The van der Waals surface area contributed by atoms with Crippen molar-refractivity contribution in [2.45, 2.75) is 57.6 Å². The molecule has 0 aliphatic heterocycles. The summed E-state index contributed by atoms with van der Waals surface area (Å²) < 4.78 is 15.7. The average molecular weight is 691 g/mol. The predicted molar refractivity (Wildman–Crippen MR) is 185 cm³/mol. The summed E-state index contributed by atoms with van der Waals surface area (Å²) >= 11 is 0. The molecule has 14 nitrogen and oxygen atoms in total. The van der Waals surface area contributed by atoms with Crippen LogP contribution in [-0.4, -0.2) is 68.4 Å². The minimum Gasteiger partial charge on any atom is -0.445 e. The lowest BCUT2D eigenvalue weighted by molar-refractivity contribution is -0.130. The van der Waals surface area contributed by atoms with Crippen LogP contribution in [0.25, 0.3) is 0 Å². The fourth-order valence-electron chi connectivity index (χ4n) is 4.56. The first-order valence-corrected chi connectivity index (χ1v) is 16.5. The van der Waals surface area contributed by atoms with E-state index in [-0.39, 0.29) is 58.8 Å². The van der Waals surface area contributed by atoms with Crippen LogP contribution in [0.5, 0.6) is 0 Å². The highest BCUT2D eigenvalue weighted by Crippen LogP contribution is 2.06. The smallest absolute Gasteiger partial charge is 0.408 e. The van der Waals surface area contributed by atoms with Crippen LogP contribution in [0.15, 0.2) is 91.0 Å². The Bertz CT molecular complexity index is 1460. The summed E-state index contributed by atoms with van der Waals surface area (Å²) in [6.07, 6.45) is -0.977. The zero-order valence-corrected chi connectivity index (χ0v) is 27.9. The van der Waals surface area contributed by atoms with Gasteiger partial charge >= 0.3 is 18.3 Å². The first-order chi connectivity index (χ1) is 24.3. The summed E-state index contributed by atoms with van der Waals surface area (Å²) in [5.74, 6) is -1.12. The van der Waals surface area contributed by atoms with E-state index in [1.165, 1.54) is 0 Å². The van der Waals surface area contributed by atoms with E-state index in [1.807, 2.05) is 78.9 Å². The molecule has 3 rings (SSSR count). The largest absolute Gasteiger partial charge is 0.445 e. The van der Waals surface area contributed by atoms with Crippen LogP contribution in [0.2, 0.25) is 0 Å². The summed E-state index contributed by atoms with van der Waals surface area (Å²) in [6.45, 7) is 0.785. The van der Waals surface area contributed by atoms with Crippen molar-refractivity contribution in [2.24, 2.45) is 5.73 Å². The molecule has 7 N–H and O–H groups in total. The highest BCUT2D eigenvalue weighted by Gasteiger charge is 2.27. The Labute approximate surface area is 291 Å². The lowest BCUT2D eigenvalue weighted by Gasteiger charge is -2.23. The Morgan fingerprint density at radius 2 is 0.920 bits per heavy atom. The molecule has 0 saturated carbocycles. The molecule has 0 saturated heterocycles. The second-order valence-electron chi connectivity index (χ2n) is 11.2. The van der Waals surface area contributed by atoms with Gasteiger partial charge in [-0.3, -0.25) is 9.59 Å². The van der Waals surface area contributed by atoms with Crippen molar-refractivity contribution in [3.05, 3.63) is 108 Å². The standard InChI is InChI=1S/C36H46N6O8/c37-20-10-18-31(42-36(47)50-26-29-16-8-3-9-17-29)33(44)41-30(19-11-21-39-34(45)48-24-27-12-4-1-5-13-27)32(43)38-22-23-40-35(46)49-25-28-14-6-2-7-15-28/h1-9,12-17,30-31H,10-11,18-26,37H2,(H,38,43)(H,39,45)(H,40,46)(H,41,44)(H,42,47)/t30-,31-/m0/s1. The Hall–Kier alpha value is -5.63. The first kappa shape index (κ1) is 38.8. The molecule has 0 bridgehead atoms. The summed E-state index contributed by atoms with van der Waals surface area (Å²) in [7, 11) is 0. The van der Waals surface area contributed by atoms with Gasteiger partial charge in [-0.25, -0.2) is 14.4 Å². The summed E-state index contributed by atoms with van der Waals surface area (Å²) in [6, 6.07) is 25.4. The maximum absolute atomic E-state index is 13.4. The van der Waals surface area contributed by atoms with Crippen molar-refractivity contribution >= 4 is 30.1 Å². The van der Waals surface area contributed by atoms with Crippen molar-refractivity contribution in [1.82, 2.24) is 26.6 Å². The number of nitrogens with two attached hydrogens (primary N) is 1. The van der Waals surface area contributed by atoms with Gasteiger partial charge in [0.05, 0.1) is 0 Å². The van der Waals surface area contributed by atoms with Crippen molar-refractivity contribution in [3.63, 3.8) is 0 Å². The minimum absolute atomic E-state index is 0.0115. The van der Waals surface area contributed by atoms with Crippen LogP contribution in [0.1, 0.15) is 42.4 Å². The molecular weight excluding hydrogens is 644 g/mol. The Balaban J connectivity index is 1.52. The van der Waals surface area contributed by atoms with Crippen molar-refractivity contribution in [2.75, 3.05) is 26.2 Å². The van der Waals surface area contributed by atoms with Crippen molar-refractivity contribution in [3.8, 4) is 0 Å². The molecule has 0 aliphatic rings. The van der Waals surface area contributed by atoms with E-state index in [2.05, 4.69) is 26.6 Å². The van der Waals surface area contributed by atoms with Crippen LogP contribution in [0, 0.1) is 0 Å². The molecule has 0 radical (unpaired) electrons. The van der Waals surface area contributed by atoms with Crippen LogP contribution in [0.3, 0.4) is 0 Å². The zero-order valence-electron chi connectivity index (χ0n) is 27.9. The molecular formula is C36H46N6O8. The molecule has 0 spiro atoms. The second kappa shape index (κ2) is 22.9. The van der Waals surface area contributed by atoms with Crippen LogP contribution in [-0.2, 0) is 43.6 Å². The highest BCUT2D eigenvalue weighted by atomic mass is 16.6. The van der Waals surface area contributed by atoms with E-state index in [0.29, 0.717) is 12.8 Å². The van der Waals surface area contributed by atoms with E-state index >= 15 is 0 Å². The fourth-order valence-corrected chi connectivity index (χ4v) is 4.56. The van der Waals surface area contributed by atoms with E-state index in [1.54, 1.807) is 12.1 Å². The lowest BCUT2D eigenvalue weighted by Crippen LogP contribution is -2.54. The quantitative estimate of drug-likeness (QED) is 0.0761. The summed E-state index contributed by atoms with van der Waals surface area (Å²) in [5, 5.41) is 13.2. The number of hydrogen-bond donors (Lipinski definition) is 6. The van der Waals surface area contributed by atoms with Crippen molar-refractivity contribution in [1.29, 1.82) is 0 Å². The van der Waals surface area contributed by atoms with Gasteiger partial charge in [-0.05, 0) is 48.9 Å². The van der Waals surface area contributed by atoms with Gasteiger partial charge in [0.1, 0.15) is 31.9 Å². The lowest BCUT2D eigenvalue weighted by atomic mass is 10.1. The number of amides is 5. The molecule has 0 aromatic heterocycles. The third-order valence-electron chi connectivity index (χ3n) is 7.21. The van der Waals surface area contributed by atoms with Crippen LogP contribution in [0.4, 0.5) is 14.4 Å². The Morgan fingerprint density at radius 1 is 0.500 bits per heavy atom. The number of ether oxygens (including phenoxy) is 3. The molecule has 268 valence electrons. The van der Waals surface area contributed by atoms with Gasteiger partial charge in [-0.1, -0.05) is 91.0 Å². The minimum atomic E-state index is -1.03. The summed E-state index contributed by atoms with van der Waals surface area (Å²) in [5.41, 5.74) is 8.11. The van der Waals surface area contributed by atoms with Crippen LogP contribution >= 0.6 is 0 Å². The number of benzene rings is 3. The fraction of sp³-hybridized carbons (Fsp3) is 0.361. The molecule has 3 aromatic carbocycles. The molecule has 2 atom stereocenters. The van der Waals surface area contributed by atoms with Crippen molar-refractivity contribution < 1.29 is 38.2 Å². The van der Waals surface area contributed by atoms with Gasteiger partial charge in [0, 0.05) is 19.6 Å². The number of hydrogen-bond acceptors (Lipinski definition) is 9. The molecule has 14 heteroatoms. The number of carbonyl (C=O) groups is 5. The third-order valence-corrected chi connectivity index (χ3v) is 7.21. The van der Waals surface area contributed by atoms with Gasteiger partial charge < -0.3 is 46.5 Å². The second-order valence-corrected chi connectivity index (χ2v) is 11.2. The zero-order chi connectivity index (χ0) is 35.8. The maximum atomic E-state index is 13.4. The SMILES string of the molecule is NCCC[C@H](NC(=O)OCc1ccccc1)C(=O)N[C@@H](CCCNC(=O)OCc1ccccc1)C(=O)NCCNC(=O)OCc1ccccc1. The van der Waals surface area contributed by atoms with Gasteiger partial charge in [-0.15, -0.1) is 0 Å². The predicted octanol–water partition coefficient (Wildman–Crippen LogP) is 3.25.